The second-order valence-corrected chi connectivity index (χ2v) is 8.80. The molecule has 0 heterocycles. The summed E-state index contributed by atoms with van der Waals surface area (Å²) in [4.78, 5) is 18.8. The summed E-state index contributed by atoms with van der Waals surface area (Å²) >= 11 is 0. The molecule has 8 heteroatoms. The number of benzene rings is 2. The van der Waals surface area contributed by atoms with Gasteiger partial charge in [-0.25, -0.2) is 14.5 Å². The largest absolute Gasteiger partial charge is 0.444 e. The van der Waals surface area contributed by atoms with E-state index in [1.165, 1.54) is 11.1 Å². The first-order chi connectivity index (χ1) is 14.7. The van der Waals surface area contributed by atoms with Crippen LogP contribution in [0.25, 0.3) is 9.69 Å². The number of carbonyl (C=O) groups excluding carboxylic acids is 1. The number of halogens is 2. The number of nitrogens with two attached hydrogens (primary N) is 1. The number of alkyl carbamates (subject to hydrolysis) is 1. The minimum Gasteiger partial charge on any atom is -0.444 e. The van der Waals surface area contributed by atoms with Gasteiger partial charge in [0, 0.05) is 6.04 Å². The van der Waals surface area contributed by atoms with Gasteiger partial charge in [0.05, 0.1) is 19.2 Å². The third-order valence-electron chi connectivity index (χ3n) is 5.47. The summed E-state index contributed by atoms with van der Waals surface area (Å²) in [6.45, 7) is 19.6. The number of rotatable bonds is 1. The molecule has 33 heavy (non-hydrogen) atoms. The number of fused-ring (bicyclic) bond motifs is 2. The fraction of sp³-hybridized carbons (Fsp3) is 0.400. The lowest BCUT2D eigenvalue weighted by atomic mass is 10.1. The van der Waals surface area contributed by atoms with Gasteiger partial charge in [-0.1, -0.05) is 36.4 Å². The fourth-order valence-corrected chi connectivity index (χ4v) is 4.11. The Kier molecular flexibility index (Phi) is 10.2. The van der Waals surface area contributed by atoms with Gasteiger partial charge in [-0.15, -0.1) is 24.8 Å². The van der Waals surface area contributed by atoms with Crippen molar-refractivity contribution in [3.05, 3.63) is 81.5 Å². The number of nitrogens with zero attached hydrogens (tertiary/aromatic N) is 2. The molecule has 2 aliphatic rings. The first-order valence-corrected chi connectivity index (χ1v) is 10.5. The van der Waals surface area contributed by atoms with Crippen LogP contribution in [-0.2, 0) is 17.6 Å². The van der Waals surface area contributed by atoms with E-state index in [0.717, 1.165) is 42.5 Å². The van der Waals surface area contributed by atoms with Gasteiger partial charge >= 0.3 is 6.09 Å². The molecule has 0 unspecified atom stereocenters. The zero-order valence-corrected chi connectivity index (χ0v) is 20.7. The number of hydrogen-bond donors (Lipinski definition) is 2. The van der Waals surface area contributed by atoms with Crippen molar-refractivity contribution in [2.75, 3.05) is 0 Å². The SMILES string of the molecule is Cl.Cl.[C-]#[N+]c1cccc2c1CC[C@@H]2N.[C-]#[N+]c1cccc2c1CC[C@@H]2NC(=O)OC(C)(C)C. The molecule has 2 aromatic rings. The van der Waals surface area contributed by atoms with Crippen molar-refractivity contribution >= 4 is 42.3 Å². The van der Waals surface area contributed by atoms with E-state index in [4.69, 9.17) is 23.6 Å². The summed E-state index contributed by atoms with van der Waals surface area (Å²) in [5, 5.41) is 2.88. The second kappa shape index (κ2) is 11.9. The van der Waals surface area contributed by atoms with Gasteiger partial charge in [-0.05, 0) is 68.7 Å². The number of nitrogens with one attached hydrogen (secondary N) is 1. The quantitative estimate of drug-likeness (QED) is 0.434. The molecule has 0 aliphatic heterocycles. The van der Waals surface area contributed by atoms with E-state index in [2.05, 4.69) is 15.0 Å². The van der Waals surface area contributed by atoms with E-state index in [9.17, 15) is 4.79 Å². The van der Waals surface area contributed by atoms with Crippen LogP contribution < -0.4 is 11.1 Å². The maximum atomic E-state index is 11.8. The van der Waals surface area contributed by atoms with Gasteiger partial charge in [0.1, 0.15) is 5.60 Å². The van der Waals surface area contributed by atoms with Crippen molar-refractivity contribution < 1.29 is 9.53 Å². The molecule has 3 N–H and O–H groups in total. The zero-order valence-electron chi connectivity index (χ0n) is 19.1. The lowest BCUT2D eigenvalue weighted by molar-refractivity contribution is 0.0503. The Morgan fingerprint density at radius 1 is 0.970 bits per heavy atom. The Morgan fingerprint density at radius 3 is 2.03 bits per heavy atom. The number of amides is 1. The summed E-state index contributed by atoms with van der Waals surface area (Å²) in [6.07, 6.45) is 3.20. The smallest absolute Gasteiger partial charge is 0.408 e. The monoisotopic (exact) mass is 488 g/mol. The summed E-state index contributed by atoms with van der Waals surface area (Å²) in [5.74, 6) is 0. The Labute approximate surface area is 208 Å². The van der Waals surface area contributed by atoms with Crippen LogP contribution in [0, 0.1) is 13.1 Å². The van der Waals surface area contributed by atoms with Crippen molar-refractivity contribution in [3.8, 4) is 0 Å². The van der Waals surface area contributed by atoms with Crippen molar-refractivity contribution in [1.29, 1.82) is 0 Å². The molecule has 0 fully saturated rings. The topological polar surface area (TPSA) is 73.1 Å². The van der Waals surface area contributed by atoms with Gasteiger partial charge < -0.3 is 15.8 Å². The molecule has 2 aliphatic carbocycles. The predicted octanol–water partition coefficient (Wildman–Crippen LogP) is 6.78. The highest BCUT2D eigenvalue weighted by atomic mass is 35.5. The predicted molar refractivity (Wildman–Crippen MR) is 136 cm³/mol. The average molecular weight is 489 g/mol. The molecule has 0 aromatic heterocycles. The summed E-state index contributed by atoms with van der Waals surface area (Å²) in [5.41, 5.74) is 11.3. The van der Waals surface area contributed by atoms with Crippen LogP contribution in [-0.4, -0.2) is 11.7 Å². The van der Waals surface area contributed by atoms with Crippen LogP contribution in [0.5, 0.6) is 0 Å². The highest BCUT2D eigenvalue weighted by Gasteiger charge is 2.27. The standard InChI is InChI=1S/C15H18N2O2.C10H10N2.2ClH/c1-15(2,3)19-14(18)17-13-9-8-11-10(13)6-5-7-12(11)16-4;1-12-10-4-2-3-7-8(10)5-6-9(7)11;;/h5-7,13H,8-9H2,1-3H3,(H,17,18);2-4,9H,5-6,11H2;2*1H/t13-;9-;;/m00../s1. The Bertz CT molecular complexity index is 1070. The molecule has 0 spiro atoms. The fourth-order valence-electron chi connectivity index (χ4n) is 4.11. The van der Waals surface area contributed by atoms with E-state index >= 15 is 0 Å². The normalized spacial score (nSPS) is 17.4. The zero-order chi connectivity index (χ0) is 22.6. The van der Waals surface area contributed by atoms with Gasteiger partial charge in [-0.2, -0.15) is 0 Å². The van der Waals surface area contributed by atoms with Crippen LogP contribution in [0.2, 0.25) is 0 Å². The van der Waals surface area contributed by atoms with Crippen LogP contribution in [0.4, 0.5) is 16.2 Å². The molecule has 0 bridgehead atoms. The molecule has 2 atom stereocenters. The summed E-state index contributed by atoms with van der Waals surface area (Å²) in [6, 6.07) is 11.6. The first kappa shape index (κ1) is 28.3. The van der Waals surface area contributed by atoms with Crippen LogP contribution in [0.15, 0.2) is 36.4 Å². The third-order valence-corrected chi connectivity index (χ3v) is 5.47. The molecule has 2 aromatic carbocycles. The maximum absolute atomic E-state index is 11.8. The van der Waals surface area contributed by atoms with E-state index in [0.29, 0.717) is 5.69 Å². The van der Waals surface area contributed by atoms with Crippen LogP contribution in [0.3, 0.4) is 0 Å². The summed E-state index contributed by atoms with van der Waals surface area (Å²) < 4.78 is 5.26. The van der Waals surface area contributed by atoms with Gasteiger partial charge in [0.25, 0.3) is 0 Å². The lowest BCUT2D eigenvalue weighted by Gasteiger charge is -2.22. The van der Waals surface area contributed by atoms with Crippen molar-refractivity contribution in [2.24, 2.45) is 5.73 Å². The first-order valence-electron chi connectivity index (χ1n) is 10.5. The highest BCUT2D eigenvalue weighted by molar-refractivity contribution is 5.85. The van der Waals surface area contributed by atoms with Crippen molar-refractivity contribution in [1.82, 2.24) is 5.32 Å². The van der Waals surface area contributed by atoms with Crippen LogP contribution >= 0.6 is 24.8 Å². The average Bonchev–Trinajstić information content (AvgIpc) is 3.31. The number of hydrogen-bond acceptors (Lipinski definition) is 3. The molecule has 6 nitrogen and oxygen atoms in total. The minimum atomic E-state index is -0.496. The lowest BCUT2D eigenvalue weighted by Crippen LogP contribution is -2.34. The molecule has 176 valence electrons. The van der Waals surface area contributed by atoms with Gasteiger partial charge in [0.15, 0.2) is 11.4 Å². The van der Waals surface area contributed by atoms with Crippen molar-refractivity contribution in [3.63, 3.8) is 0 Å². The molecular formula is C25H30Cl2N4O2. The van der Waals surface area contributed by atoms with Gasteiger partial charge in [-0.3, -0.25) is 0 Å². The molecule has 0 radical (unpaired) electrons. The van der Waals surface area contributed by atoms with Gasteiger partial charge in [0.2, 0.25) is 0 Å². The van der Waals surface area contributed by atoms with E-state index in [-0.39, 0.29) is 36.9 Å². The highest BCUT2D eigenvalue weighted by Crippen LogP contribution is 2.37. The van der Waals surface area contributed by atoms with E-state index < -0.39 is 11.7 Å². The number of carbonyl (C=O) groups is 1. The summed E-state index contributed by atoms with van der Waals surface area (Å²) in [7, 11) is 0. The van der Waals surface area contributed by atoms with Crippen molar-refractivity contribution in [2.45, 2.75) is 64.1 Å². The second-order valence-electron chi connectivity index (χ2n) is 8.80. The molecule has 0 saturated heterocycles. The minimum absolute atomic E-state index is 0. The number of ether oxygens (including phenoxy) is 1. The Balaban J connectivity index is 0.000000338. The Morgan fingerprint density at radius 2 is 1.48 bits per heavy atom. The molecule has 0 saturated carbocycles. The maximum Gasteiger partial charge on any atom is 0.408 e. The third kappa shape index (κ3) is 6.85. The molecule has 1 amide bonds. The van der Waals surface area contributed by atoms with E-state index in [1.807, 2.05) is 57.2 Å². The van der Waals surface area contributed by atoms with Crippen LogP contribution in [0.1, 0.15) is 68.0 Å². The van der Waals surface area contributed by atoms with E-state index in [1.54, 1.807) is 0 Å². The molecular weight excluding hydrogens is 459 g/mol. The Hall–Kier alpha value is -2.77. The molecule has 4 rings (SSSR count).